The average molecular weight is 380 g/mol. The predicted molar refractivity (Wildman–Crippen MR) is 109 cm³/mol. The van der Waals surface area contributed by atoms with Crippen molar-refractivity contribution in [2.75, 3.05) is 20.3 Å². The van der Waals surface area contributed by atoms with Crippen molar-refractivity contribution in [1.29, 1.82) is 0 Å². The van der Waals surface area contributed by atoms with E-state index in [2.05, 4.69) is 10.3 Å². The second kappa shape index (κ2) is 9.08. The summed E-state index contributed by atoms with van der Waals surface area (Å²) >= 11 is 0. The largest absolute Gasteiger partial charge is 0.493 e. The number of hydrogen-bond donors (Lipinski definition) is 2. The Hall–Kier alpha value is -3.28. The van der Waals surface area contributed by atoms with Crippen LogP contribution in [0.5, 0.6) is 11.5 Å². The van der Waals surface area contributed by atoms with E-state index in [0.29, 0.717) is 36.6 Å². The van der Waals surface area contributed by atoms with E-state index in [-0.39, 0.29) is 17.9 Å². The summed E-state index contributed by atoms with van der Waals surface area (Å²) in [5.74, 6) is 1.17. The molecule has 0 saturated heterocycles. The van der Waals surface area contributed by atoms with Crippen LogP contribution in [-0.2, 0) is 11.2 Å². The Bertz CT molecular complexity index is 1030. The molecule has 2 N–H and O–H groups in total. The van der Waals surface area contributed by atoms with Gasteiger partial charge in [-0.3, -0.25) is 9.59 Å². The van der Waals surface area contributed by atoms with Crippen molar-refractivity contribution in [3.05, 3.63) is 70.0 Å². The molecule has 0 unspecified atom stereocenters. The molecule has 0 radical (unpaired) electrons. The minimum atomic E-state index is -0.148. The number of aromatic nitrogens is 1. The van der Waals surface area contributed by atoms with Gasteiger partial charge in [0.25, 0.3) is 5.56 Å². The highest BCUT2D eigenvalue weighted by atomic mass is 16.5. The van der Waals surface area contributed by atoms with Gasteiger partial charge in [0.15, 0.2) is 11.5 Å². The van der Waals surface area contributed by atoms with Gasteiger partial charge in [-0.05, 0) is 48.6 Å². The highest BCUT2D eigenvalue weighted by Gasteiger charge is 2.08. The van der Waals surface area contributed by atoms with E-state index in [1.165, 1.54) is 0 Å². The van der Waals surface area contributed by atoms with Crippen molar-refractivity contribution in [3.63, 3.8) is 0 Å². The quantitative estimate of drug-likeness (QED) is 0.589. The molecule has 3 rings (SSSR count). The lowest BCUT2D eigenvalue weighted by Gasteiger charge is -2.11. The summed E-state index contributed by atoms with van der Waals surface area (Å²) in [6, 6.07) is 15.1. The van der Waals surface area contributed by atoms with Gasteiger partial charge in [0, 0.05) is 17.5 Å². The Morgan fingerprint density at radius 1 is 1.11 bits per heavy atom. The number of nitrogens with one attached hydrogen (secondary N) is 2. The Balaban J connectivity index is 1.48. The molecule has 6 heteroatoms. The molecule has 6 nitrogen and oxygen atoms in total. The highest BCUT2D eigenvalue weighted by molar-refractivity contribution is 5.80. The van der Waals surface area contributed by atoms with Crippen LogP contribution < -0.4 is 20.3 Å². The molecular formula is C22H24N2O4. The molecule has 1 amide bonds. The first-order valence-electron chi connectivity index (χ1n) is 9.22. The summed E-state index contributed by atoms with van der Waals surface area (Å²) in [5.41, 5.74) is 2.36. The van der Waals surface area contributed by atoms with E-state index in [0.717, 1.165) is 16.5 Å². The Labute approximate surface area is 163 Å². The summed E-state index contributed by atoms with van der Waals surface area (Å²) < 4.78 is 10.8. The average Bonchev–Trinajstić information content (AvgIpc) is 2.70. The van der Waals surface area contributed by atoms with Gasteiger partial charge in [0.2, 0.25) is 5.91 Å². The summed E-state index contributed by atoms with van der Waals surface area (Å²) in [7, 11) is 1.58. The van der Waals surface area contributed by atoms with Crippen LogP contribution in [0.4, 0.5) is 0 Å². The Kier molecular flexibility index (Phi) is 6.32. The van der Waals surface area contributed by atoms with Gasteiger partial charge in [-0.1, -0.05) is 24.3 Å². The minimum absolute atomic E-state index is 0.118. The topological polar surface area (TPSA) is 80.4 Å². The Morgan fingerprint density at radius 3 is 2.68 bits per heavy atom. The molecule has 28 heavy (non-hydrogen) atoms. The lowest BCUT2D eigenvalue weighted by molar-refractivity contribution is -0.121. The van der Waals surface area contributed by atoms with E-state index in [9.17, 15) is 9.59 Å². The molecular weight excluding hydrogens is 356 g/mol. The third-order valence-electron chi connectivity index (χ3n) is 4.45. The number of hydrogen-bond acceptors (Lipinski definition) is 4. The standard InChI is InChI=1S/C22H24N2O4/c1-15-7-8-16-14-17(22(26)24-18(16)13-15)9-10-21(25)23-11-12-28-20-6-4-3-5-19(20)27-2/h3-8,13-14H,9-12H2,1-2H3,(H,23,25)(H,24,26). The number of amides is 1. The zero-order valence-electron chi connectivity index (χ0n) is 16.1. The molecule has 3 aromatic rings. The van der Waals surface area contributed by atoms with Gasteiger partial charge in [0.05, 0.1) is 13.7 Å². The number of aryl methyl sites for hydroxylation is 2. The number of pyridine rings is 1. The number of carbonyl (C=O) groups is 1. The summed E-state index contributed by atoms with van der Waals surface area (Å²) in [6.07, 6.45) is 0.632. The van der Waals surface area contributed by atoms with Crippen LogP contribution in [-0.4, -0.2) is 31.2 Å². The fraction of sp³-hybridized carbons (Fsp3) is 0.273. The minimum Gasteiger partial charge on any atom is -0.493 e. The molecule has 1 aromatic heterocycles. The number of H-pyrrole nitrogens is 1. The molecule has 0 atom stereocenters. The molecule has 0 saturated carbocycles. The van der Waals surface area contributed by atoms with Crippen LogP contribution in [0.15, 0.2) is 53.3 Å². The zero-order chi connectivity index (χ0) is 19.9. The number of ether oxygens (including phenoxy) is 2. The summed E-state index contributed by atoms with van der Waals surface area (Å²) in [4.78, 5) is 27.2. The lowest BCUT2D eigenvalue weighted by Crippen LogP contribution is -2.28. The fourth-order valence-electron chi connectivity index (χ4n) is 2.97. The van der Waals surface area contributed by atoms with Gasteiger partial charge < -0.3 is 19.8 Å². The van der Waals surface area contributed by atoms with E-state index >= 15 is 0 Å². The van der Waals surface area contributed by atoms with Crippen molar-refractivity contribution in [2.24, 2.45) is 0 Å². The summed E-state index contributed by atoms with van der Waals surface area (Å²) in [6.45, 7) is 2.69. The molecule has 0 aliphatic carbocycles. The van der Waals surface area contributed by atoms with Gasteiger partial charge in [-0.25, -0.2) is 0 Å². The van der Waals surface area contributed by atoms with Crippen LogP contribution in [0.2, 0.25) is 0 Å². The smallest absolute Gasteiger partial charge is 0.251 e. The second-order valence-corrected chi connectivity index (χ2v) is 6.56. The zero-order valence-corrected chi connectivity index (χ0v) is 16.1. The second-order valence-electron chi connectivity index (χ2n) is 6.56. The summed E-state index contributed by atoms with van der Waals surface area (Å²) in [5, 5.41) is 3.77. The molecule has 146 valence electrons. The third kappa shape index (κ3) is 4.91. The normalized spacial score (nSPS) is 10.6. The van der Waals surface area contributed by atoms with Crippen LogP contribution in [0.1, 0.15) is 17.5 Å². The SMILES string of the molecule is COc1ccccc1OCCNC(=O)CCc1cc2ccc(C)cc2[nH]c1=O. The monoisotopic (exact) mass is 380 g/mol. The van der Waals surface area contributed by atoms with E-state index < -0.39 is 0 Å². The molecule has 0 fully saturated rings. The van der Waals surface area contributed by atoms with Crippen LogP contribution in [0.25, 0.3) is 10.9 Å². The fourth-order valence-corrected chi connectivity index (χ4v) is 2.97. The maximum Gasteiger partial charge on any atom is 0.251 e. The van der Waals surface area contributed by atoms with Crippen molar-refractivity contribution in [2.45, 2.75) is 19.8 Å². The van der Waals surface area contributed by atoms with Crippen LogP contribution >= 0.6 is 0 Å². The number of fused-ring (bicyclic) bond motifs is 1. The first kappa shape index (κ1) is 19.5. The molecule has 0 aliphatic heterocycles. The first-order valence-corrected chi connectivity index (χ1v) is 9.22. The number of methoxy groups -OCH3 is 1. The molecule has 2 aromatic carbocycles. The molecule has 0 aliphatic rings. The number of benzene rings is 2. The number of para-hydroxylation sites is 2. The number of rotatable bonds is 8. The van der Waals surface area contributed by atoms with Crippen LogP contribution in [0, 0.1) is 6.92 Å². The molecule has 0 spiro atoms. The highest BCUT2D eigenvalue weighted by Crippen LogP contribution is 2.25. The number of carbonyl (C=O) groups excluding carboxylic acids is 1. The Morgan fingerprint density at radius 2 is 1.89 bits per heavy atom. The van der Waals surface area contributed by atoms with Gasteiger partial charge in [-0.2, -0.15) is 0 Å². The predicted octanol–water partition coefficient (Wildman–Crippen LogP) is 2.97. The lowest BCUT2D eigenvalue weighted by atomic mass is 10.1. The van der Waals surface area contributed by atoms with Gasteiger partial charge in [-0.15, -0.1) is 0 Å². The number of aromatic amines is 1. The maximum absolute atomic E-state index is 12.2. The van der Waals surface area contributed by atoms with E-state index in [1.807, 2.05) is 55.5 Å². The van der Waals surface area contributed by atoms with Gasteiger partial charge >= 0.3 is 0 Å². The third-order valence-corrected chi connectivity index (χ3v) is 4.45. The van der Waals surface area contributed by atoms with E-state index in [1.54, 1.807) is 7.11 Å². The van der Waals surface area contributed by atoms with Crippen molar-refractivity contribution in [1.82, 2.24) is 10.3 Å². The van der Waals surface area contributed by atoms with Crippen LogP contribution in [0.3, 0.4) is 0 Å². The van der Waals surface area contributed by atoms with Crippen molar-refractivity contribution >= 4 is 16.8 Å². The van der Waals surface area contributed by atoms with Crippen molar-refractivity contribution < 1.29 is 14.3 Å². The van der Waals surface area contributed by atoms with Gasteiger partial charge in [0.1, 0.15) is 6.61 Å². The van der Waals surface area contributed by atoms with Crippen molar-refractivity contribution in [3.8, 4) is 11.5 Å². The molecule has 0 bridgehead atoms. The van der Waals surface area contributed by atoms with E-state index in [4.69, 9.17) is 9.47 Å². The molecule has 1 heterocycles. The maximum atomic E-state index is 12.2. The first-order chi connectivity index (χ1) is 13.6.